The predicted octanol–water partition coefficient (Wildman–Crippen LogP) is 6.56. The Hall–Kier alpha value is -6.57. The number of ether oxygens (including phenoxy) is 2. The fourth-order valence-corrected chi connectivity index (χ4v) is 13.1. The van der Waals surface area contributed by atoms with Crippen LogP contribution in [0.15, 0.2) is 84.4 Å². The maximum absolute atomic E-state index is 14.9. The van der Waals surface area contributed by atoms with Gasteiger partial charge in [0, 0.05) is 55.7 Å². The second-order valence-corrected chi connectivity index (χ2v) is 27.9. The number of thiophene rings is 1. The number of nitrogens with one attached hydrogen (secondary N) is 4. The topological polar surface area (TPSA) is 286 Å². The molecule has 7 amide bonds. The summed E-state index contributed by atoms with van der Waals surface area (Å²) in [6.45, 7) is 14.2. The molecule has 8 rings (SSSR count). The molecule has 2 aromatic heterocycles. The molecular weight excluding hydrogens is 1170 g/mol. The summed E-state index contributed by atoms with van der Waals surface area (Å²) in [6.07, 6.45) is -2.15. The van der Waals surface area contributed by atoms with Crippen LogP contribution >= 0.6 is 30.3 Å². The molecule has 3 unspecified atom stereocenters. The predicted molar refractivity (Wildman–Crippen MR) is 319 cm³/mol. The molecule has 8 atom stereocenters. The molecule has 3 saturated heterocycles. The monoisotopic (exact) mass is 1250 g/mol. The van der Waals surface area contributed by atoms with Crippen molar-refractivity contribution in [3.63, 3.8) is 0 Å². The molecule has 0 spiro atoms. The molecule has 5 heterocycles. The van der Waals surface area contributed by atoms with Crippen LogP contribution in [0, 0.1) is 17.8 Å². The van der Waals surface area contributed by atoms with Crippen LogP contribution in [-0.2, 0) is 48.5 Å². The number of aliphatic hydroxyl groups is 1. The van der Waals surface area contributed by atoms with Gasteiger partial charge < -0.3 is 60.3 Å². The van der Waals surface area contributed by atoms with Crippen molar-refractivity contribution in [2.24, 2.45) is 10.8 Å². The van der Waals surface area contributed by atoms with Gasteiger partial charge in [-0.05, 0) is 71.4 Å². The van der Waals surface area contributed by atoms with E-state index in [1.54, 1.807) is 52.0 Å². The van der Waals surface area contributed by atoms with Crippen molar-refractivity contribution in [2.45, 2.75) is 135 Å². The molecule has 0 bridgehead atoms. The number of benzene rings is 3. The highest BCUT2D eigenvalue weighted by Crippen LogP contribution is 2.59. The Bertz CT molecular complexity index is 3350. The molecule has 7 N–H and O–H groups in total. The fourth-order valence-electron chi connectivity index (χ4n) is 10.8. The molecule has 26 heteroatoms. The van der Waals surface area contributed by atoms with Gasteiger partial charge in [0.1, 0.15) is 36.9 Å². The number of aryl methyl sites for hydroxylation is 1. The third-order valence-electron chi connectivity index (χ3n) is 15.6. The van der Waals surface area contributed by atoms with Crippen LogP contribution in [0.25, 0.3) is 20.5 Å². The van der Waals surface area contributed by atoms with Gasteiger partial charge in [-0.3, -0.25) is 38.1 Å². The Morgan fingerprint density at radius 1 is 0.826 bits per heavy atom. The Balaban J connectivity index is 0.871. The SMILES string of the molecule is Cc1ncsc1-c1ccc([C@H](C)NC(=O)[C@@H]2C[C@@H](O)CN2C(=O)C(NC(=O)CCCNC(=O)CO[C@H]2C[C@@H](C(=O)N3CCOC(c4ccccc4)C3)N(C(=O)C(NC(=O)c3cc4cc(C(F)(F)P(=O)(O)O)ccc4s3)C(C)(C)C)C2)C(C)(C)C)cc1. The molecule has 3 aliphatic rings. The first kappa shape index (κ1) is 65.4. The third kappa shape index (κ3) is 15.4. The smallest absolute Gasteiger partial charge is 0.391 e. The average molecular weight is 1250 g/mol. The highest BCUT2D eigenvalue weighted by molar-refractivity contribution is 7.52. The van der Waals surface area contributed by atoms with E-state index in [9.17, 15) is 61.8 Å². The van der Waals surface area contributed by atoms with Crippen molar-refractivity contribution in [3.8, 4) is 10.4 Å². The number of halogens is 2. The van der Waals surface area contributed by atoms with Crippen LogP contribution in [0.2, 0.25) is 0 Å². The highest BCUT2D eigenvalue weighted by atomic mass is 32.1. The van der Waals surface area contributed by atoms with Crippen LogP contribution in [0.1, 0.15) is 118 Å². The summed E-state index contributed by atoms with van der Waals surface area (Å²) in [7, 11) is -5.88. The number of aliphatic hydroxyl groups excluding tert-OH is 1. The zero-order chi connectivity index (χ0) is 62.6. The number of carbonyl (C=O) groups is 7. The minimum Gasteiger partial charge on any atom is -0.391 e. The molecular formula is C60H75F2N8O13PS2. The molecule has 0 saturated carbocycles. The van der Waals surface area contributed by atoms with Gasteiger partial charge >= 0.3 is 13.3 Å². The molecule has 464 valence electrons. The van der Waals surface area contributed by atoms with Gasteiger partial charge in [-0.15, -0.1) is 22.7 Å². The van der Waals surface area contributed by atoms with Crippen molar-refractivity contribution in [1.82, 2.24) is 41.0 Å². The lowest BCUT2D eigenvalue weighted by atomic mass is 9.85. The number of likely N-dealkylation sites (tertiary alicyclic amines) is 2. The molecule has 5 aromatic rings. The molecule has 21 nitrogen and oxygen atoms in total. The van der Waals surface area contributed by atoms with Crippen molar-refractivity contribution in [2.75, 3.05) is 45.9 Å². The lowest BCUT2D eigenvalue weighted by molar-refractivity contribution is -0.150. The van der Waals surface area contributed by atoms with Gasteiger partial charge in [0.2, 0.25) is 35.4 Å². The van der Waals surface area contributed by atoms with E-state index in [0.717, 1.165) is 50.7 Å². The van der Waals surface area contributed by atoms with Crippen LogP contribution < -0.4 is 21.3 Å². The summed E-state index contributed by atoms with van der Waals surface area (Å²) in [6, 6.07) is 16.6. The first-order valence-electron chi connectivity index (χ1n) is 28.4. The Labute approximate surface area is 505 Å². The number of alkyl halides is 2. The number of hydrogen-bond acceptors (Lipinski definition) is 14. The first-order chi connectivity index (χ1) is 40.4. The molecule has 0 aliphatic carbocycles. The van der Waals surface area contributed by atoms with Crippen LogP contribution in [-0.4, -0.2) is 158 Å². The van der Waals surface area contributed by atoms with Gasteiger partial charge in [0.25, 0.3) is 5.91 Å². The molecule has 3 fully saturated rings. The number of amides is 7. The summed E-state index contributed by atoms with van der Waals surface area (Å²) in [4.78, 5) is 127. The number of β-amino-alcohol motifs (C(OH)–C–C–N with tert-alkyl or cyclic N) is 1. The minimum absolute atomic E-state index is 0.00810. The number of hydrogen-bond donors (Lipinski definition) is 7. The summed E-state index contributed by atoms with van der Waals surface area (Å²) in [5.41, 5.74) is -1.78. The third-order valence-corrected chi connectivity index (χ3v) is 18.7. The summed E-state index contributed by atoms with van der Waals surface area (Å²) in [5, 5.41) is 22.2. The normalized spacial score (nSPS) is 20.5. The van der Waals surface area contributed by atoms with Gasteiger partial charge in [-0.2, -0.15) is 8.78 Å². The molecule has 3 aromatic carbocycles. The number of morpholine rings is 1. The first-order valence-corrected chi connectivity index (χ1v) is 31.7. The number of carbonyl (C=O) groups excluding carboxylic acids is 7. The van der Waals surface area contributed by atoms with E-state index in [2.05, 4.69) is 26.3 Å². The van der Waals surface area contributed by atoms with E-state index >= 15 is 0 Å². The van der Waals surface area contributed by atoms with Gasteiger partial charge in [0.05, 0.1) is 52.4 Å². The number of fused-ring (bicyclic) bond motifs is 1. The van der Waals surface area contributed by atoms with Crippen molar-refractivity contribution in [1.29, 1.82) is 0 Å². The Morgan fingerprint density at radius 2 is 1.49 bits per heavy atom. The van der Waals surface area contributed by atoms with Crippen molar-refractivity contribution >= 4 is 81.7 Å². The molecule has 86 heavy (non-hydrogen) atoms. The number of nitrogens with zero attached hydrogens (tertiary/aromatic N) is 4. The second kappa shape index (κ2) is 26.8. The number of rotatable bonds is 20. The minimum atomic E-state index is -5.88. The zero-order valence-corrected chi connectivity index (χ0v) is 51.7. The van der Waals surface area contributed by atoms with E-state index in [4.69, 9.17) is 9.47 Å². The average Bonchev–Trinajstić information content (AvgIpc) is 1.75. The van der Waals surface area contributed by atoms with Gasteiger partial charge in [-0.1, -0.05) is 102 Å². The highest BCUT2D eigenvalue weighted by Gasteiger charge is 2.51. The van der Waals surface area contributed by atoms with Gasteiger partial charge in [0.15, 0.2) is 0 Å². The fraction of sp³-hybridized carbons (Fsp3) is 0.500. The molecule has 0 radical (unpaired) electrons. The molecule has 3 aliphatic heterocycles. The lowest BCUT2D eigenvalue weighted by Gasteiger charge is -2.38. The van der Waals surface area contributed by atoms with Crippen LogP contribution in [0.3, 0.4) is 0 Å². The Morgan fingerprint density at radius 3 is 2.13 bits per heavy atom. The standard InChI is InChI=1S/C60H75F2N8O13PS2/c1-34(36-16-18-38(19-17-36)50-35(2)64-33-85-50)65-53(74)43-27-41(71)29-69(43)56(77)51(58(3,4)5)66-48(72)15-12-22-63-49(73)32-83-42-28-44(55(76)68-23-24-82-45(31-68)37-13-10-9-11-14-37)70(30-42)57(78)52(59(6,7)8)67-54(75)47-26-39-25-40(20-21-46(39)86-47)60(61,62)84(79,80)81/h9-11,13-14,16-21,25-26,33-34,41-45,51-52,71H,12,15,22-24,27-32H2,1-8H3,(H,63,73)(H,65,74)(H,66,72)(H,67,75)(H2,79,80,81)/t34-,41+,42-,43-,44-,45?,51?,52?/m0/s1. The largest absolute Gasteiger partial charge is 0.399 e. The van der Waals surface area contributed by atoms with Crippen LogP contribution in [0.5, 0.6) is 0 Å². The summed E-state index contributed by atoms with van der Waals surface area (Å²) >= 11 is 2.46. The van der Waals surface area contributed by atoms with E-state index in [1.807, 2.05) is 68.4 Å². The zero-order valence-electron chi connectivity index (χ0n) is 49.2. The van der Waals surface area contributed by atoms with E-state index in [-0.39, 0.29) is 75.3 Å². The second-order valence-electron chi connectivity index (χ2n) is 24.3. The van der Waals surface area contributed by atoms with E-state index < -0.39 is 126 Å². The number of thiazole rings is 1. The summed E-state index contributed by atoms with van der Waals surface area (Å²) in [5.74, 6) is -3.74. The van der Waals surface area contributed by atoms with Crippen LogP contribution in [0.4, 0.5) is 8.78 Å². The van der Waals surface area contributed by atoms with E-state index in [1.165, 1.54) is 33.3 Å². The Kier molecular flexibility index (Phi) is 20.4. The maximum Gasteiger partial charge on any atom is 0.399 e. The van der Waals surface area contributed by atoms with Crippen molar-refractivity contribution < 1.29 is 71.3 Å². The number of aromatic nitrogens is 1. The summed E-state index contributed by atoms with van der Waals surface area (Å²) < 4.78 is 53.4. The quantitative estimate of drug-likeness (QED) is 0.0321. The van der Waals surface area contributed by atoms with E-state index in [0.29, 0.717) is 4.70 Å². The maximum atomic E-state index is 14.9. The van der Waals surface area contributed by atoms with Gasteiger partial charge in [-0.25, -0.2) is 4.98 Å². The lowest BCUT2D eigenvalue weighted by Crippen LogP contribution is -2.58. The van der Waals surface area contributed by atoms with Crippen molar-refractivity contribution in [3.05, 3.63) is 112 Å².